The van der Waals surface area contributed by atoms with Gasteiger partial charge in [-0.05, 0) is 44.8 Å². The number of likely N-dealkylation sites (tertiary alicyclic amines) is 1. The number of fused-ring (bicyclic) bond motifs is 1. The summed E-state index contributed by atoms with van der Waals surface area (Å²) in [5, 5.41) is 11.5. The number of carbonyl (C=O) groups is 2. The van der Waals surface area contributed by atoms with Gasteiger partial charge in [-0.2, -0.15) is 4.98 Å². The zero-order valence-corrected chi connectivity index (χ0v) is 19.2. The van der Waals surface area contributed by atoms with Crippen molar-refractivity contribution in [3.05, 3.63) is 23.0 Å². The van der Waals surface area contributed by atoms with Gasteiger partial charge in [0.15, 0.2) is 0 Å². The summed E-state index contributed by atoms with van der Waals surface area (Å²) in [5.41, 5.74) is 2.57. The van der Waals surface area contributed by atoms with Gasteiger partial charge in [0.2, 0.25) is 11.0 Å². The number of carbonyl (C=O) groups excluding carboxylic acids is 2. The summed E-state index contributed by atoms with van der Waals surface area (Å²) in [6, 6.07) is 0.289. The average molecular weight is 461 g/mol. The summed E-state index contributed by atoms with van der Waals surface area (Å²) in [5.74, 6) is -0.311. The highest BCUT2D eigenvalue weighted by atomic mass is 32.1. The van der Waals surface area contributed by atoms with Gasteiger partial charge in [0.1, 0.15) is 12.4 Å². The Hall–Kier alpha value is -2.30. The third kappa shape index (κ3) is 3.54. The number of hydrogen-bond acceptors (Lipinski definition) is 9. The fourth-order valence-corrected chi connectivity index (χ4v) is 6.20. The van der Waals surface area contributed by atoms with Crippen molar-refractivity contribution < 1.29 is 24.2 Å². The molecule has 0 aromatic carbocycles. The minimum atomic E-state index is -0.754. The van der Waals surface area contributed by atoms with Gasteiger partial charge in [-0.1, -0.05) is 5.57 Å². The Morgan fingerprint density at radius 2 is 2.06 bits per heavy atom. The van der Waals surface area contributed by atoms with Crippen molar-refractivity contribution in [1.82, 2.24) is 14.3 Å². The van der Waals surface area contributed by atoms with Gasteiger partial charge in [-0.3, -0.25) is 14.5 Å². The Bertz CT molecular complexity index is 994. The number of nitrogens with zero attached hydrogens (tertiary/aromatic N) is 4. The first-order chi connectivity index (χ1) is 15.4. The van der Waals surface area contributed by atoms with Crippen LogP contribution < -0.4 is 9.64 Å². The summed E-state index contributed by atoms with van der Waals surface area (Å²) in [4.78, 5) is 34.1. The van der Waals surface area contributed by atoms with E-state index in [2.05, 4.69) is 14.3 Å². The number of amides is 1. The molecule has 1 aromatic rings. The van der Waals surface area contributed by atoms with E-state index in [1.54, 1.807) is 11.2 Å². The fourth-order valence-electron chi connectivity index (χ4n) is 5.53. The predicted octanol–water partition coefficient (Wildman–Crippen LogP) is 1.55. The molecule has 1 spiro atoms. The molecule has 1 N–H and O–H groups in total. The standard InChI is InChI=1S/C22H28N4O5S/c1-13-15-12-31-11-14(15)9-16(27)18(13)17(28)10-25-6-3-22(4-7-25)5-8-26(19(22)29)21-23-20(30-2)24-32-21/h11,17-18,28H,3-10,12H2,1-2H3/t17-,18?/m0/s1. The predicted molar refractivity (Wildman–Crippen MR) is 117 cm³/mol. The first-order valence-corrected chi connectivity index (χ1v) is 11.8. The van der Waals surface area contributed by atoms with Gasteiger partial charge in [0.25, 0.3) is 0 Å². The summed E-state index contributed by atoms with van der Waals surface area (Å²) >= 11 is 1.18. The third-order valence-corrected chi connectivity index (χ3v) is 8.18. The van der Waals surface area contributed by atoms with E-state index in [1.807, 2.05) is 6.92 Å². The Morgan fingerprint density at radius 1 is 1.31 bits per heavy atom. The maximum atomic E-state index is 13.2. The van der Waals surface area contributed by atoms with Crippen LogP contribution in [-0.4, -0.2) is 77.1 Å². The van der Waals surface area contributed by atoms with Crippen LogP contribution in [0.25, 0.3) is 0 Å². The highest BCUT2D eigenvalue weighted by Gasteiger charge is 2.49. The molecule has 3 aliphatic heterocycles. The molecule has 2 atom stereocenters. The molecule has 172 valence electrons. The summed E-state index contributed by atoms with van der Waals surface area (Å²) in [7, 11) is 1.51. The number of Topliss-reactive ketones (excluding diaryl/α,β-unsaturated/α-hetero) is 1. The molecule has 0 saturated carbocycles. The van der Waals surface area contributed by atoms with Crippen LogP contribution in [0.2, 0.25) is 0 Å². The molecule has 1 aliphatic carbocycles. The van der Waals surface area contributed by atoms with Crippen molar-refractivity contribution >= 4 is 28.4 Å². The lowest BCUT2D eigenvalue weighted by Crippen LogP contribution is -2.48. The molecule has 1 aromatic heterocycles. The van der Waals surface area contributed by atoms with Crippen molar-refractivity contribution in [2.75, 3.05) is 44.8 Å². The van der Waals surface area contributed by atoms with Crippen LogP contribution in [0.3, 0.4) is 0 Å². The van der Waals surface area contributed by atoms with Crippen LogP contribution in [0.4, 0.5) is 5.13 Å². The van der Waals surface area contributed by atoms with E-state index < -0.39 is 12.0 Å². The molecule has 10 heteroatoms. The Kier molecular flexibility index (Phi) is 5.55. The second-order valence-electron chi connectivity index (χ2n) is 9.16. The first kappa shape index (κ1) is 21.5. The Morgan fingerprint density at radius 3 is 2.78 bits per heavy atom. The maximum Gasteiger partial charge on any atom is 0.329 e. The van der Waals surface area contributed by atoms with Gasteiger partial charge < -0.3 is 19.5 Å². The number of methoxy groups -OCH3 is 1. The molecule has 1 unspecified atom stereocenters. The van der Waals surface area contributed by atoms with E-state index in [1.165, 1.54) is 18.6 Å². The van der Waals surface area contributed by atoms with Crippen LogP contribution in [-0.2, 0) is 14.3 Å². The molecular formula is C22H28N4O5S. The molecule has 2 saturated heterocycles. The number of ketones is 1. The molecule has 2 fully saturated rings. The quantitative estimate of drug-likeness (QED) is 0.706. The van der Waals surface area contributed by atoms with Gasteiger partial charge >= 0.3 is 6.01 Å². The average Bonchev–Trinajstić information content (AvgIpc) is 3.50. The zero-order chi connectivity index (χ0) is 22.5. The summed E-state index contributed by atoms with van der Waals surface area (Å²) < 4.78 is 14.5. The van der Waals surface area contributed by atoms with Crippen LogP contribution in [0.15, 0.2) is 23.0 Å². The second kappa shape index (κ2) is 8.24. The highest BCUT2D eigenvalue weighted by molar-refractivity contribution is 7.10. The Labute approximate surface area is 190 Å². The van der Waals surface area contributed by atoms with Crippen molar-refractivity contribution in [2.24, 2.45) is 11.3 Å². The normalized spacial score (nSPS) is 26.4. The zero-order valence-electron chi connectivity index (χ0n) is 18.4. The van der Waals surface area contributed by atoms with Crippen molar-refractivity contribution in [1.29, 1.82) is 0 Å². The minimum Gasteiger partial charge on any atom is -0.496 e. The van der Waals surface area contributed by atoms with Gasteiger partial charge in [-0.25, -0.2) is 0 Å². The van der Waals surface area contributed by atoms with Gasteiger partial charge in [-0.15, -0.1) is 4.37 Å². The molecule has 4 aliphatic rings. The summed E-state index contributed by atoms with van der Waals surface area (Å²) in [6.45, 7) is 4.94. The second-order valence-corrected chi connectivity index (χ2v) is 9.89. The van der Waals surface area contributed by atoms with Crippen LogP contribution in [0, 0.1) is 11.3 Å². The maximum absolute atomic E-state index is 13.2. The van der Waals surface area contributed by atoms with Crippen LogP contribution in [0.1, 0.15) is 32.6 Å². The number of anilines is 1. The van der Waals surface area contributed by atoms with Crippen LogP contribution >= 0.6 is 11.5 Å². The minimum absolute atomic E-state index is 0.0538. The number of aliphatic hydroxyl groups is 1. The number of rotatable bonds is 5. The van der Waals surface area contributed by atoms with E-state index in [9.17, 15) is 14.7 Å². The molecule has 1 amide bonds. The number of aromatic nitrogens is 2. The lowest BCUT2D eigenvalue weighted by Gasteiger charge is -2.39. The number of β-amino-alcohol motifs (C(OH)–C–C–N with tert-alkyl or cyclic N) is 1. The number of aliphatic hydroxyl groups excluding tert-OH is 1. The van der Waals surface area contributed by atoms with E-state index in [0.717, 1.165) is 49.1 Å². The van der Waals surface area contributed by atoms with Gasteiger partial charge in [0.05, 0.1) is 30.8 Å². The van der Waals surface area contributed by atoms with Crippen molar-refractivity contribution in [2.45, 2.75) is 38.7 Å². The molecule has 0 radical (unpaired) electrons. The van der Waals surface area contributed by atoms with Crippen molar-refractivity contribution in [3.8, 4) is 6.01 Å². The molecule has 9 nitrogen and oxygen atoms in total. The largest absolute Gasteiger partial charge is 0.496 e. The van der Waals surface area contributed by atoms with E-state index >= 15 is 0 Å². The highest BCUT2D eigenvalue weighted by Crippen LogP contribution is 2.44. The molecule has 32 heavy (non-hydrogen) atoms. The Balaban J connectivity index is 1.21. The number of piperidine rings is 1. The fraction of sp³-hybridized carbons (Fsp3) is 0.636. The summed E-state index contributed by atoms with van der Waals surface area (Å²) in [6.07, 6.45) is 3.53. The van der Waals surface area contributed by atoms with E-state index in [-0.39, 0.29) is 23.1 Å². The SMILES string of the molecule is COc1nsc(N2CCC3(CCN(C[C@H](O)C4C(=O)CC5=COCC5=C4C)CC3)C2=O)n1. The molecule has 0 bridgehead atoms. The molecule has 4 heterocycles. The number of hydrogen-bond donors (Lipinski definition) is 1. The molecule has 5 rings (SSSR count). The van der Waals surface area contributed by atoms with E-state index in [0.29, 0.717) is 31.2 Å². The first-order valence-electron chi connectivity index (χ1n) is 11.1. The van der Waals surface area contributed by atoms with Gasteiger partial charge in [0, 0.05) is 36.6 Å². The van der Waals surface area contributed by atoms with E-state index in [4.69, 9.17) is 9.47 Å². The monoisotopic (exact) mass is 460 g/mol. The number of ether oxygens (including phenoxy) is 2. The smallest absolute Gasteiger partial charge is 0.329 e. The lowest BCUT2D eigenvalue weighted by atomic mass is 9.76. The van der Waals surface area contributed by atoms with Crippen LogP contribution in [0.5, 0.6) is 6.01 Å². The van der Waals surface area contributed by atoms with Crippen molar-refractivity contribution in [3.63, 3.8) is 0 Å². The molecular weight excluding hydrogens is 432 g/mol. The topological polar surface area (TPSA) is 105 Å². The lowest BCUT2D eigenvalue weighted by molar-refractivity contribution is -0.128. The third-order valence-electron chi connectivity index (χ3n) is 7.46.